The summed E-state index contributed by atoms with van der Waals surface area (Å²) in [6.07, 6.45) is 6.16. The number of amides is 3. The lowest BCUT2D eigenvalue weighted by molar-refractivity contribution is -0.136. The molecule has 0 radical (unpaired) electrons. The van der Waals surface area contributed by atoms with Gasteiger partial charge in [-0.15, -0.1) is 0 Å². The van der Waals surface area contributed by atoms with E-state index in [1.807, 2.05) is 30.3 Å². The van der Waals surface area contributed by atoms with Gasteiger partial charge >= 0.3 is 0 Å². The molecule has 1 unspecified atom stereocenters. The Morgan fingerprint density at radius 3 is 2.45 bits per heavy atom. The third-order valence-electron chi connectivity index (χ3n) is 7.99. The molecule has 0 aromatic heterocycles. The van der Waals surface area contributed by atoms with E-state index in [1.165, 1.54) is 18.4 Å². The number of hydrogen-bond acceptors (Lipinski definition) is 5. The van der Waals surface area contributed by atoms with Gasteiger partial charge in [-0.3, -0.25) is 24.6 Å². The number of imide groups is 1. The van der Waals surface area contributed by atoms with E-state index in [0.29, 0.717) is 28.6 Å². The average Bonchev–Trinajstić information content (AvgIpc) is 3.25. The number of halogens is 2. The maximum Gasteiger partial charge on any atom is 0.255 e. The first-order chi connectivity index (χ1) is 18.4. The van der Waals surface area contributed by atoms with Crippen molar-refractivity contribution in [3.8, 4) is 0 Å². The predicted molar refractivity (Wildman–Crippen MR) is 150 cm³/mol. The summed E-state index contributed by atoms with van der Waals surface area (Å²) in [5.74, 6) is -0.728. The smallest absolute Gasteiger partial charge is 0.255 e. The second kappa shape index (κ2) is 12.1. The summed E-state index contributed by atoms with van der Waals surface area (Å²) in [6, 6.07) is 11.1. The van der Waals surface area contributed by atoms with E-state index < -0.39 is 6.04 Å². The molecule has 38 heavy (non-hydrogen) atoms. The number of fused-ring (bicyclic) bond motifs is 1. The number of nitrogens with one attached hydrogen (secondary N) is 1. The van der Waals surface area contributed by atoms with Crippen LogP contribution in [0.4, 0.5) is 5.69 Å². The number of nitrogens with zero attached hydrogens (tertiary/aromatic N) is 3. The molecule has 3 aliphatic heterocycles. The first-order valence-electron chi connectivity index (χ1n) is 13.6. The van der Waals surface area contributed by atoms with Crippen molar-refractivity contribution in [1.82, 2.24) is 15.1 Å². The van der Waals surface area contributed by atoms with Crippen LogP contribution in [-0.4, -0.2) is 66.3 Å². The van der Waals surface area contributed by atoms with Crippen LogP contribution in [0.2, 0.25) is 10.0 Å². The third-order valence-corrected chi connectivity index (χ3v) is 8.80. The van der Waals surface area contributed by atoms with E-state index in [2.05, 4.69) is 21.2 Å². The first-order valence-corrected chi connectivity index (χ1v) is 14.3. The number of hydrogen-bond donors (Lipinski definition) is 1. The number of rotatable bonds is 9. The molecule has 7 nitrogen and oxygen atoms in total. The van der Waals surface area contributed by atoms with E-state index in [1.54, 1.807) is 4.90 Å². The number of unbranched alkanes of at least 4 members (excludes halogenated alkanes) is 3. The monoisotopic (exact) mass is 556 g/mol. The molecule has 0 saturated carbocycles. The molecule has 202 valence electrons. The molecular formula is C29H34Cl2N4O3. The van der Waals surface area contributed by atoms with Gasteiger partial charge in [0.25, 0.3) is 5.91 Å². The van der Waals surface area contributed by atoms with Gasteiger partial charge in [-0.25, -0.2) is 0 Å². The number of aryl methyl sites for hydroxylation is 1. The first kappa shape index (κ1) is 27.0. The number of anilines is 1. The summed E-state index contributed by atoms with van der Waals surface area (Å²) in [6.45, 7) is 5.51. The number of piperidine rings is 1. The summed E-state index contributed by atoms with van der Waals surface area (Å²) >= 11 is 12.6. The highest BCUT2D eigenvalue weighted by Gasteiger charge is 2.39. The second-order valence-corrected chi connectivity index (χ2v) is 11.2. The molecule has 2 fully saturated rings. The molecular weight excluding hydrogens is 523 g/mol. The maximum absolute atomic E-state index is 13.0. The van der Waals surface area contributed by atoms with Crippen LogP contribution in [-0.2, 0) is 22.6 Å². The maximum atomic E-state index is 13.0. The molecule has 3 amide bonds. The van der Waals surface area contributed by atoms with Crippen molar-refractivity contribution in [2.24, 2.45) is 0 Å². The Morgan fingerprint density at radius 2 is 1.66 bits per heavy atom. The van der Waals surface area contributed by atoms with Crippen LogP contribution in [0, 0.1) is 0 Å². The molecule has 2 aromatic rings. The second-order valence-electron chi connectivity index (χ2n) is 10.4. The van der Waals surface area contributed by atoms with Gasteiger partial charge in [0.15, 0.2) is 0 Å². The van der Waals surface area contributed by atoms with Crippen LogP contribution in [0.3, 0.4) is 0 Å². The van der Waals surface area contributed by atoms with Gasteiger partial charge in [-0.05, 0) is 61.6 Å². The topological polar surface area (TPSA) is 73.0 Å². The Balaban J connectivity index is 1.04. The van der Waals surface area contributed by atoms with Gasteiger partial charge in [-0.2, -0.15) is 0 Å². The van der Waals surface area contributed by atoms with Crippen molar-refractivity contribution in [3.05, 3.63) is 63.1 Å². The largest absolute Gasteiger partial charge is 0.368 e. The Hall–Kier alpha value is -2.61. The fourth-order valence-corrected chi connectivity index (χ4v) is 6.25. The van der Waals surface area contributed by atoms with Gasteiger partial charge in [0.05, 0.1) is 15.7 Å². The molecule has 2 saturated heterocycles. The lowest BCUT2D eigenvalue weighted by Gasteiger charge is -2.36. The summed E-state index contributed by atoms with van der Waals surface area (Å²) in [4.78, 5) is 43.3. The standard InChI is InChI=1S/C29H34Cl2N4O3/c30-23-10-6-11-24(27(23)31)34-17-15-33(16-18-34)14-4-2-1-3-7-20-8-5-9-21-22(20)19-35(29(21)38)25-12-13-26(36)32-28(25)37/h5-6,8-11,25H,1-4,7,12-19H2,(H,32,36,37). The van der Waals surface area contributed by atoms with Gasteiger partial charge in [-0.1, -0.05) is 54.2 Å². The van der Waals surface area contributed by atoms with Crippen molar-refractivity contribution in [2.75, 3.05) is 37.6 Å². The fraction of sp³-hybridized carbons (Fsp3) is 0.483. The van der Waals surface area contributed by atoms with E-state index in [9.17, 15) is 14.4 Å². The molecule has 2 aromatic carbocycles. The SMILES string of the molecule is O=C1CCC(N2Cc3c(CCCCCCN4CCN(c5cccc(Cl)c5Cl)CC4)cccc3C2=O)C(=O)N1. The van der Waals surface area contributed by atoms with Gasteiger partial charge in [0.1, 0.15) is 6.04 Å². The lowest BCUT2D eigenvalue weighted by atomic mass is 9.98. The number of benzene rings is 2. The molecule has 0 aliphatic carbocycles. The van der Waals surface area contributed by atoms with Crippen LogP contribution in [0.5, 0.6) is 0 Å². The highest BCUT2D eigenvalue weighted by atomic mass is 35.5. The molecule has 1 atom stereocenters. The molecule has 3 aliphatic rings. The molecule has 1 N–H and O–H groups in total. The predicted octanol–water partition coefficient (Wildman–Crippen LogP) is 4.68. The average molecular weight is 558 g/mol. The Kier molecular flexibility index (Phi) is 8.56. The van der Waals surface area contributed by atoms with Crippen LogP contribution < -0.4 is 10.2 Å². The van der Waals surface area contributed by atoms with Gasteiger partial charge in [0.2, 0.25) is 11.8 Å². The molecule has 0 spiro atoms. The third kappa shape index (κ3) is 5.85. The Labute approximate surface area is 234 Å². The lowest BCUT2D eigenvalue weighted by Crippen LogP contribution is -2.52. The zero-order chi connectivity index (χ0) is 26.6. The van der Waals surface area contributed by atoms with Crippen molar-refractivity contribution in [1.29, 1.82) is 0 Å². The van der Waals surface area contributed by atoms with Crippen LogP contribution in [0.25, 0.3) is 0 Å². The normalized spacial score (nSPS) is 20.2. The minimum absolute atomic E-state index is 0.103. The van der Waals surface area contributed by atoms with Crippen molar-refractivity contribution < 1.29 is 14.4 Å². The minimum atomic E-state index is -0.565. The number of carbonyl (C=O) groups is 3. The quantitative estimate of drug-likeness (QED) is 0.358. The van der Waals surface area contributed by atoms with Crippen molar-refractivity contribution in [2.45, 2.75) is 57.5 Å². The zero-order valence-corrected chi connectivity index (χ0v) is 23.1. The molecule has 3 heterocycles. The Morgan fingerprint density at radius 1 is 0.895 bits per heavy atom. The van der Waals surface area contributed by atoms with Crippen molar-refractivity contribution in [3.63, 3.8) is 0 Å². The van der Waals surface area contributed by atoms with E-state index in [-0.39, 0.29) is 24.1 Å². The van der Waals surface area contributed by atoms with E-state index >= 15 is 0 Å². The summed E-state index contributed by atoms with van der Waals surface area (Å²) in [5.41, 5.74) is 3.96. The fourth-order valence-electron chi connectivity index (χ4n) is 5.84. The number of piperazine rings is 1. The summed E-state index contributed by atoms with van der Waals surface area (Å²) in [5, 5.41) is 3.61. The van der Waals surface area contributed by atoms with Gasteiger partial charge in [0, 0.05) is 44.7 Å². The Bertz CT molecular complexity index is 1210. The molecule has 9 heteroatoms. The minimum Gasteiger partial charge on any atom is -0.368 e. The summed E-state index contributed by atoms with van der Waals surface area (Å²) in [7, 11) is 0. The molecule has 5 rings (SSSR count). The molecule has 0 bridgehead atoms. The highest BCUT2D eigenvalue weighted by molar-refractivity contribution is 6.43. The van der Waals surface area contributed by atoms with E-state index in [0.717, 1.165) is 63.2 Å². The van der Waals surface area contributed by atoms with Crippen LogP contribution in [0.15, 0.2) is 36.4 Å². The van der Waals surface area contributed by atoms with Gasteiger partial charge < -0.3 is 9.80 Å². The highest BCUT2D eigenvalue weighted by Crippen LogP contribution is 2.33. The summed E-state index contributed by atoms with van der Waals surface area (Å²) < 4.78 is 0. The van der Waals surface area contributed by atoms with E-state index in [4.69, 9.17) is 23.2 Å². The van der Waals surface area contributed by atoms with Crippen LogP contribution >= 0.6 is 23.2 Å². The number of carbonyl (C=O) groups excluding carboxylic acids is 3. The van der Waals surface area contributed by atoms with Crippen LogP contribution in [0.1, 0.15) is 60.0 Å². The zero-order valence-electron chi connectivity index (χ0n) is 21.6. The van der Waals surface area contributed by atoms with Crippen molar-refractivity contribution >= 4 is 46.6 Å².